The van der Waals surface area contributed by atoms with Gasteiger partial charge in [0.2, 0.25) is 0 Å². The Bertz CT molecular complexity index is 350. The molecule has 0 unspecified atom stereocenters. The van der Waals surface area contributed by atoms with Crippen LogP contribution in [0.15, 0.2) is 0 Å². The Morgan fingerprint density at radius 2 is 2.19 bits per heavy atom. The average Bonchev–Trinajstić information content (AvgIpc) is 2.59. The van der Waals surface area contributed by atoms with Crippen molar-refractivity contribution in [3.63, 3.8) is 0 Å². The summed E-state index contributed by atoms with van der Waals surface area (Å²) in [4.78, 5) is 15.1. The molecule has 0 fully saturated rings. The number of hydrogen-bond acceptors (Lipinski definition) is 2. The number of rotatable bonds is 7. The lowest BCUT2D eigenvalue weighted by molar-refractivity contribution is 0.111. The van der Waals surface area contributed by atoms with Crippen molar-refractivity contribution in [3.8, 4) is 0 Å². The number of imidazole rings is 1. The SMILES string of the molecule is CCCCc1nc(Cl)c(C=O)n1CCCCl. The Balaban J connectivity index is 2.91. The Hall–Kier alpha value is -0.540. The van der Waals surface area contributed by atoms with E-state index in [1.807, 2.05) is 4.57 Å². The highest BCUT2D eigenvalue weighted by molar-refractivity contribution is 6.31. The van der Waals surface area contributed by atoms with Crippen molar-refractivity contribution in [3.05, 3.63) is 16.7 Å². The van der Waals surface area contributed by atoms with Gasteiger partial charge in [-0.15, -0.1) is 11.6 Å². The van der Waals surface area contributed by atoms with E-state index >= 15 is 0 Å². The Labute approximate surface area is 106 Å². The molecule has 3 nitrogen and oxygen atoms in total. The van der Waals surface area contributed by atoms with Crippen LogP contribution in [0, 0.1) is 0 Å². The lowest BCUT2D eigenvalue weighted by atomic mass is 10.2. The minimum absolute atomic E-state index is 0.302. The van der Waals surface area contributed by atoms with Crippen LogP contribution >= 0.6 is 23.2 Å². The number of unbranched alkanes of at least 4 members (excludes halogenated alkanes) is 1. The Kier molecular flexibility index (Phi) is 5.85. The van der Waals surface area contributed by atoms with Gasteiger partial charge in [-0.05, 0) is 12.8 Å². The molecule has 1 heterocycles. The lowest BCUT2D eigenvalue weighted by Gasteiger charge is -2.07. The summed E-state index contributed by atoms with van der Waals surface area (Å²) in [6.45, 7) is 2.82. The van der Waals surface area contributed by atoms with E-state index in [0.29, 0.717) is 23.3 Å². The second kappa shape index (κ2) is 6.92. The summed E-state index contributed by atoms with van der Waals surface area (Å²) in [7, 11) is 0. The zero-order valence-corrected chi connectivity index (χ0v) is 10.9. The standard InChI is InChI=1S/C11H16Cl2N2O/c1-2-3-5-10-14-11(13)9(8-16)15(10)7-4-6-12/h8H,2-7H2,1H3. The van der Waals surface area contributed by atoms with Gasteiger partial charge in [-0.2, -0.15) is 0 Å². The third-order valence-electron chi connectivity index (χ3n) is 2.42. The molecule has 16 heavy (non-hydrogen) atoms. The smallest absolute Gasteiger partial charge is 0.169 e. The number of alkyl halides is 1. The number of aldehydes is 1. The summed E-state index contributed by atoms with van der Waals surface area (Å²) in [6.07, 6.45) is 4.57. The first-order valence-corrected chi connectivity index (χ1v) is 6.41. The van der Waals surface area contributed by atoms with E-state index in [2.05, 4.69) is 11.9 Å². The number of carbonyl (C=O) groups is 1. The molecule has 0 radical (unpaired) electrons. The third-order valence-corrected chi connectivity index (χ3v) is 2.97. The lowest BCUT2D eigenvalue weighted by Crippen LogP contribution is -2.08. The van der Waals surface area contributed by atoms with Crippen LogP contribution in [0.25, 0.3) is 0 Å². The van der Waals surface area contributed by atoms with E-state index in [1.54, 1.807) is 0 Å². The topological polar surface area (TPSA) is 34.9 Å². The molecule has 1 rings (SSSR count). The molecule has 0 atom stereocenters. The molecule has 0 saturated heterocycles. The Morgan fingerprint density at radius 3 is 2.75 bits per heavy atom. The zero-order chi connectivity index (χ0) is 12.0. The molecule has 1 aromatic heterocycles. The van der Waals surface area contributed by atoms with Crippen LogP contribution in [0.4, 0.5) is 0 Å². The summed E-state index contributed by atoms with van der Waals surface area (Å²) in [5, 5.41) is 0.302. The van der Waals surface area contributed by atoms with Crippen LogP contribution in [0.1, 0.15) is 42.5 Å². The van der Waals surface area contributed by atoms with Gasteiger partial charge in [0.1, 0.15) is 11.5 Å². The van der Waals surface area contributed by atoms with E-state index in [9.17, 15) is 4.79 Å². The fourth-order valence-electron chi connectivity index (χ4n) is 1.59. The number of halogens is 2. The van der Waals surface area contributed by atoms with Gasteiger partial charge in [0.25, 0.3) is 0 Å². The predicted octanol–water partition coefficient (Wildman–Crippen LogP) is 3.32. The van der Waals surface area contributed by atoms with Crippen LogP contribution in [-0.2, 0) is 13.0 Å². The van der Waals surface area contributed by atoms with Crippen molar-refractivity contribution < 1.29 is 4.79 Å². The number of carbonyl (C=O) groups excluding carboxylic acids is 1. The number of aromatic nitrogens is 2. The van der Waals surface area contributed by atoms with Crippen molar-refractivity contribution in [1.82, 2.24) is 9.55 Å². The van der Waals surface area contributed by atoms with Crippen molar-refractivity contribution in [2.75, 3.05) is 5.88 Å². The van der Waals surface area contributed by atoms with Crippen molar-refractivity contribution in [2.24, 2.45) is 0 Å². The maximum absolute atomic E-state index is 10.9. The average molecular weight is 263 g/mol. The zero-order valence-electron chi connectivity index (χ0n) is 9.38. The molecular formula is C11H16Cl2N2O. The highest BCUT2D eigenvalue weighted by atomic mass is 35.5. The van der Waals surface area contributed by atoms with Crippen LogP contribution in [0.5, 0.6) is 0 Å². The molecular weight excluding hydrogens is 247 g/mol. The van der Waals surface area contributed by atoms with Gasteiger partial charge in [0.05, 0.1) is 0 Å². The van der Waals surface area contributed by atoms with Crippen LogP contribution < -0.4 is 0 Å². The van der Waals surface area contributed by atoms with Crippen LogP contribution in [0.2, 0.25) is 5.15 Å². The van der Waals surface area contributed by atoms with Gasteiger partial charge in [0, 0.05) is 18.8 Å². The summed E-state index contributed by atoms with van der Waals surface area (Å²) in [6, 6.07) is 0. The molecule has 0 bridgehead atoms. The van der Waals surface area contributed by atoms with Gasteiger partial charge in [0.15, 0.2) is 11.4 Å². The highest BCUT2D eigenvalue weighted by Gasteiger charge is 2.14. The largest absolute Gasteiger partial charge is 0.324 e. The van der Waals surface area contributed by atoms with Gasteiger partial charge < -0.3 is 4.57 Å². The first-order valence-electron chi connectivity index (χ1n) is 5.50. The highest BCUT2D eigenvalue weighted by Crippen LogP contribution is 2.18. The molecule has 90 valence electrons. The van der Waals surface area contributed by atoms with Crippen molar-refractivity contribution >= 4 is 29.5 Å². The predicted molar refractivity (Wildman–Crippen MR) is 66.6 cm³/mol. The molecule has 5 heteroatoms. The van der Waals surface area contributed by atoms with Crippen molar-refractivity contribution in [2.45, 2.75) is 39.2 Å². The van der Waals surface area contributed by atoms with Crippen LogP contribution in [0.3, 0.4) is 0 Å². The second-order valence-corrected chi connectivity index (χ2v) is 4.36. The van der Waals surface area contributed by atoms with Gasteiger partial charge in [-0.3, -0.25) is 4.79 Å². The van der Waals surface area contributed by atoms with Gasteiger partial charge >= 0.3 is 0 Å². The maximum Gasteiger partial charge on any atom is 0.169 e. The monoisotopic (exact) mass is 262 g/mol. The molecule has 0 amide bonds. The molecule has 0 spiro atoms. The molecule has 0 aliphatic rings. The molecule has 0 aromatic carbocycles. The van der Waals surface area contributed by atoms with E-state index in [-0.39, 0.29) is 0 Å². The van der Waals surface area contributed by atoms with Gasteiger partial charge in [-0.25, -0.2) is 4.98 Å². The number of nitrogens with zero attached hydrogens (tertiary/aromatic N) is 2. The van der Waals surface area contributed by atoms with Gasteiger partial charge in [-0.1, -0.05) is 24.9 Å². The molecule has 0 aliphatic heterocycles. The van der Waals surface area contributed by atoms with E-state index < -0.39 is 0 Å². The normalized spacial score (nSPS) is 10.7. The van der Waals surface area contributed by atoms with Crippen LogP contribution in [-0.4, -0.2) is 21.7 Å². The summed E-state index contributed by atoms with van der Waals surface area (Å²) in [5.74, 6) is 1.46. The maximum atomic E-state index is 10.9. The summed E-state index contributed by atoms with van der Waals surface area (Å²) < 4.78 is 1.88. The third kappa shape index (κ3) is 3.22. The van der Waals surface area contributed by atoms with E-state index in [0.717, 1.165) is 37.8 Å². The fourth-order valence-corrected chi connectivity index (χ4v) is 1.95. The summed E-state index contributed by atoms with van der Waals surface area (Å²) >= 11 is 11.6. The number of aryl methyl sites for hydroxylation is 1. The summed E-state index contributed by atoms with van der Waals surface area (Å²) in [5.41, 5.74) is 0.470. The molecule has 0 saturated carbocycles. The van der Waals surface area contributed by atoms with Crippen molar-refractivity contribution in [1.29, 1.82) is 0 Å². The molecule has 0 aliphatic carbocycles. The minimum Gasteiger partial charge on any atom is -0.324 e. The van der Waals surface area contributed by atoms with E-state index in [1.165, 1.54) is 0 Å². The molecule has 0 N–H and O–H groups in total. The first kappa shape index (κ1) is 13.5. The quantitative estimate of drug-likeness (QED) is 0.558. The molecule has 1 aromatic rings. The number of hydrogen-bond donors (Lipinski definition) is 0. The fraction of sp³-hybridized carbons (Fsp3) is 0.636. The Morgan fingerprint density at radius 1 is 1.44 bits per heavy atom. The second-order valence-electron chi connectivity index (χ2n) is 3.62. The first-order chi connectivity index (χ1) is 7.74. The minimum atomic E-state index is 0.302. The van der Waals surface area contributed by atoms with E-state index in [4.69, 9.17) is 23.2 Å².